The maximum absolute atomic E-state index is 12.9. The second kappa shape index (κ2) is 5.88. The Hall–Kier alpha value is -1.84. The van der Waals surface area contributed by atoms with E-state index < -0.39 is 5.91 Å². The summed E-state index contributed by atoms with van der Waals surface area (Å²) in [6, 6.07) is 6.69. The molecule has 1 atom stereocenters. The van der Waals surface area contributed by atoms with Gasteiger partial charge in [-0.05, 0) is 50.8 Å². The van der Waals surface area contributed by atoms with E-state index in [1.807, 2.05) is 4.90 Å². The van der Waals surface area contributed by atoms with E-state index in [4.69, 9.17) is 5.73 Å². The molecule has 1 aliphatic heterocycles. The molecule has 2 rings (SSSR count). The summed E-state index contributed by atoms with van der Waals surface area (Å²) in [5.74, 6) is -0.0757. The van der Waals surface area contributed by atoms with Crippen LogP contribution in [-0.4, -0.2) is 28.8 Å². The van der Waals surface area contributed by atoms with E-state index in [1.165, 1.54) is 0 Å². The summed E-state index contributed by atoms with van der Waals surface area (Å²) in [4.78, 5) is 26.1. The van der Waals surface area contributed by atoms with Crippen LogP contribution in [0.5, 0.6) is 0 Å². The minimum atomic E-state index is -0.506. The van der Waals surface area contributed by atoms with Crippen LogP contribution < -0.4 is 5.73 Å². The van der Waals surface area contributed by atoms with Gasteiger partial charge in [0.05, 0.1) is 0 Å². The summed E-state index contributed by atoms with van der Waals surface area (Å²) in [7, 11) is 0. The van der Waals surface area contributed by atoms with Gasteiger partial charge in [-0.25, -0.2) is 0 Å². The van der Waals surface area contributed by atoms with Crippen molar-refractivity contribution in [3.8, 4) is 0 Å². The van der Waals surface area contributed by atoms with Crippen molar-refractivity contribution in [1.29, 1.82) is 0 Å². The normalized spacial score (nSPS) is 21.7. The van der Waals surface area contributed by atoms with Gasteiger partial charge in [-0.1, -0.05) is 19.4 Å². The van der Waals surface area contributed by atoms with Crippen LogP contribution in [0, 0.1) is 5.92 Å². The van der Waals surface area contributed by atoms with Gasteiger partial charge in [-0.3, -0.25) is 9.59 Å². The second-order valence-electron chi connectivity index (χ2n) is 6.45. The molecular weight excluding hydrogens is 264 g/mol. The SMILES string of the molecule is CC1CCCCN(C(=O)c2cccc(C(N)=O)c2)C1(C)C. The average Bonchev–Trinajstić information content (AvgIpc) is 2.58. The monoisotopic (exact) mass is 288 g/mol. The summed E-state index contributed by atoms with van der Waals surface area (Å²) in [6.07, 6.45) is 3.31. The molecule has 0 bridgehead atoms. The van der Waals surface area contributed by atoms with Gasteiger partial charge >= 0.3 is 0 Å². The molecule has 1 saturated heterocycles. The summed E-state index contributed by atoms with van der Waals surface area (Å²) in [6.45, 7) is 7.21. The molecule has 0 aliphatic carbocycles. The number of rotatable bonds is 2. The van der Waals surface area contributed by atoms with Crippen LogP contribution in [0.25, 0.3) is 0 Å². The van der Waals surface area contributed by atoms with E-state index in [9.17, 15) is 9.59 Å². The van der Waals surface area contributed by atoms with Gasteiger partial charge in [0, 0.05) is 23.2 Å². The summed E-state index contributed by atoms with van der Waals surface area (Å²) >= 11 is 0. The highest BCUT2D eigenvalue weighted by molar-refractivity contribution is 5.99. The fraction of sp³-hybridized carbons (Fsp3) is 0.529. The van der Waals surface area contributed by atoms with E-state index in [0.717, 1.165) is 25.8 Å². The van der Waals surface area contributed by atoms with Gasteiger partial charge < -0.3 is 10.6 Å². The predicted molar refractivity (Wildman–Crippen MR) is 83.1 cm³/mol. The van der Waals surface area contributed by atoms with Crippen LogP contribution in [0.2, 0.25) is 0 Å². The third-order valence-corrected chi connectivity index (χ3v) is 4.81. The molecule has 0 radical (unpaired) electrons. The predicted octanol–water partition coefficient (Wildman–Crippen LogP) is 2.83. The van der Waals surface area contributed by atoms with Crippen molar-refractivity contribution in [1.82, 2.24) is 4.90 Å². The van der Waals surface area contributed by atoms with Crippen LogP contribution in [0.4, 0.5) is 0 Å². The molecule has 1 aromatic rings. The Kier molecular flexibility index (Phi) is 4.35. The first-order valence-electron chi connectivity index (χ1n) is 7.56. The standard InChI is InChI=1S/C17H24N2O2/c1-12-7-4-5-10-19(17(12,2)3)16(21)14-9-6-8-13(11-14)15(18)20/h6,8-9,11-12H,4-5,7,10H2,1-3H3,(H2,18,20). The molecule has 4 nitrogen and oxygen atoms in total. The summed E-state index contributed by atoms with van der Waals surface area (Å²) < 4.78 is 0. The highest BCUT2D eigenvalue weighted by Crippen LogP contribution is 2.33. The number of likely N-dealkylation sites (tertiary alicyclic amines) is 1. The number of carbonyl (C=O) groups excluding carboxylic acids is 2. The fourth-order valence-electron chi connectivity index (χ4n) is 2.95. The summed E-state index contributed by atoms with van der Waals surface area (Å²) in [5, 5.41) is 0. The lowest BCUT2D eigenvalue weighted by Crippen LogP contribution is -2.51. The van der Waals surface area contributed by atoms with Crippen molar-refractivity contribution in [2.75, 3.05) is 6.54 Å². The Morgan fingerprint density at radius 2 is 1.90 bits per heavy atom. The lowest BCUT2D eigenvalue weighted by molar-refractivity contribution is 0.0452. The van der Waals surface area contributed by atoms with Crippen molar-refractivity contribution in [3.05, 3.63) is 35.4 Å². The van der Waals surface area contributed by atoms with Crippen molar-refractivity contribution in [2.45, 2.75) is 45.6 Å². The molecule has 0 aromatic heterocycles. The molecule has 2 amide bonds. The van der Waals surface area contributed by atoms with E-state index in [1.54, 1.807) is 24.3 Å². The summed E-state index contributed by atoms with van der Waals surface area (Å²) in [5.41, 5.74) is 6.03. The van der Waals surface area contributed by atoms with Crippen LogP contribution >= 0.6 is 0 Å². The van der Waals surface area contributed by atoms with Gasteiger partial charge in [-0.2, -0.15) is 0 Å². The number of primary amides is 1. The highest BCUT2D eigenvalue weighted by atomic mass is 16.2. The van der Waals surface area contributed by atoms with Gasteiger partial charge in [0.2, 0.25) is 5.91 Å². The first-order valence-corrected chi connectivity index (χ1v) is 7.56. The van der Waals surface area contributed by atoms with Crippen LogP contribution in [0.1, 0.15) is 60.7 Å². The molecule has 1 heterocycles. The number of nitrogens with two attached hydrogens (primary N) is 1. The quantitative estimate of drug-likeness (QED) is 0.909. The van der Waals surface area contributed by atoms with Gasteiger partial charge in [-0.15, -0.1) is 0 Å². The van der Waals surface area contributed by atoms with E-state index >= 15 is 0 Å². The lowest BCUT2D eigenvalue weighted by atomic mass is 9.85. The van der Waals surface area contributed by atoms with Gasteiger partial charge in [0.1, 0.15) is 0 Å². The minimum absolute atomic E-state index is 0.0168. The Morgan fingerprint density at radius 3 is 2.57 bits per heavy atom. The molecule has 21 heavy (non-hydrogen) atoms. The largest absolute Gasteiger partial charge is 0.366 e. The molecule has 1 unspecified atom stereocenters. The molecule has 1 fully saturated rings. The van der Waals surface area contributed by atoms with E-state index in [-0.39, 0.29) is 11.4 Å². The first kappa shape index (κ1) is 15.5. The Labute approximate surface area is 126 Å². The average molecular weight is 288 g/mol. The fourth-order valence-corrected chi connectivity index (χ4v) is 2.95. The van der Waals surface area contributed by atoms with Crippen molar-refractivity contribution in [3.63, 3.8) is 0 Å². The van der Waals surface area contributed by atoms with Crippen LogP contribution in [-0.2, 0) is 0 Å². The number of benzene rings is 1. The zero-order valence-electron chi connectivity index (χ0n) is 13.1. The highest BCUT2D eigenvalue weighted by Gasteiger charge is 2.37. The molecule has 0 saturated carbocycles. The maximum atomic E-state index is 12.9. The Balaban J connectivity index is 2.33. The molecular formula is C17H24N2O2. The first-order chi connectivity index (χ1) is 9.84. The molecule has 1 aromatic carbocycles. The van der Waals surface area contributed by atoms with Crippen LogP contribution in [0.3, 0.4) is 0 Å². The second-order valence-corrected chi connectivity index (χ2v) is 6.45. The minimum Gasteiger partial charge on any atom is -0.366 e. The number of hydrogen-bond acceptors (Lipinski definition) is 2. The van der Waals surface area contributed by atoms with Crippen LogP contribution in [0.15, 0.2) is 24.3 Å². The zero-order valence-corrected chi connectivity index (χ0v) is 13.1. The molecule has 1 aliphatic rings. The maximum Gasteiger partial charge on any atom is 0.254 e. The van der Waals surface area contributed by atoms with Gasteiger partial charge in [0.15, 0.2) is 0 Å². The smallest absolute Gasteiger partial charge is 0.254 e. The number of carbonyl (C=O) groups is 2. The number of hydrogen-bond donors (Lipinski definition) is 1. The van der Waals surface area contributed by atoms with E-state index in [0.29, 0.717) is 17.0 Å². The third kappa shape index (κ3) is 3.09. The van der Waals surface area contributed by atoms with Crippen molar-refractivity contribution in [2.24, 2.45) is 11.7 Å². The zero-order chi connectivity index (χ0) is 15.6. The third-order valence-electron chi connectivity index (χ3n) is 4.81. The topological polar surface area (TPSA) is 63.4 Å². The van der Waals surface area contributed by atoms with Gasteiger partial charge in [0.25, 0.3) is 5.91 Å². The Morgan fingerprint density at radius 1 is 1.24 bits per heavy atom. The van der Waals surface area contributed by atoms with Crippen molar-refractivity contribution < 1.29 is 9.59 Å². The lowest BCUT2D eigenvalue weighted by Gasteiger charge is -2.41. The van der Waals surface area contributed by atoms with E-state index in [2.05, 4.69) is 20.8 Å². The Bertz CT molecular complexity index is 551. The molecule has 114 valence electrons. The number of amides is 2. The van der Waals surface area contributed by atoms with Crippen molar-refractivity contribution >= 4 is 11.8 Å². The molecule has 2 N–H and O–H groups in total. The molecule has 0 spiro atoms. The molecule has 4 heteroatoms. The number of nitrogens with zero attached hydrogens (tertiary/aromatic N) is 1.